The molecule has 34 heavy (non-hydrogen) atoms. The maximum Gasteiger partial charge on any atom is 0.460 e. The van der Waals surface area contributed by atoms with Gasteiger partial charge in [-0.3, -0.25) is 14.4 Å². The molecule has 1 amide bonds. The second-order valence-electron chi connectivity index (χ2n) is 7.75. The standard InChI is InChI=1S/C24H23N5O5/c1-3-6-20(30)29(22-19(23(31)32)14-28(2)26-22)13-15-9-11-16(12-10-15)17-7-4-5-8-18(17)21-25-24(33)34-27-21/h4-5,7-12,14H,3,6,13H2,1-2H3,(H,31,32)(H,25,27,33). The van der Waals surface area contributed by atoms with Crippen molar-refractivity contribution < 1.29 is 19.2 Å². The summed E-state index contributed by atoms with van der Waals surface area (Å²) in [6, 6.07) is 15.0. The lowest BCUT2D eigenvalue weighted by molar-refractivity contribution is -0.118. The Morgan fingerprint density at radius 2 is 1.82 bits per heavy atom. The van der Waals surface area contributed by atoms with Gasteiger partial charge in [-0.05, 0) is 23.1 Å². The zero-order valence-electron chi connectivity index (χ0n) is 18.7. The van der Waals surface area contributed by atoms with Gasteiger partial charge in [0, 0.05) is 25.2 Å². The first-order chi connectivity index (χ1) is 16.4. The fraction of sp³-hybridized carbons (Fsp3) is 0.208. The van der Waals surface area contributed by atoms with Crippen molar-refractivity contribution in [1.29, 1.82) is 0 Å². The normalized spacial score (nSPS) is 10.9. The van der Waals surface area contributed by atoms with Crippen molar-refractivity contribution in [3.8, 4) is 22.5 Å². The van der Waals surface area contributed by atoms with Gasteiger partial charge in [0.2, 0.25) is 5.91 Å². The average Bonchev–Trinajstić information content (AvgIpc) is 3.43. The molecule has 2 N–H and O–H groups in total. The molecule has 0 unspecified atom stereocenters. The molecule has 0 radical (unpaired) electrons. The van der Waals surface area contributed by atoms with Gasteiger partial charge in [0.1, 0.15) is 5.56 Å². The van der Waals surface area contributed by atoms with E-state index >= 15 is 0 Å². The van der Waals surface area contributed by atoms with E-state index in [2.05, 4.69) is 15.2 Å². The van der Waals surface area contributed by atoms with Crippen LogP contribution in [0.4, 0.5) is 5.82 Å². The molecule has 10 heteroatoms. The summed E-state index contributed by atoms with van der Waals surface area (Å²) in [4.78, 5) is 41.2. The maximum atomic E-state index is 12.9. The Kier molecular flexibility index (Phi) is 6.39. The smallest absolute Gasteiger partial charge is 0.460 e. The molecule has 2 aromatic carbocycles. The molecule has 2 heterocycles. The molecule has 0 aliphatic heterocycles. The van der Waals surface area contributed by atoms with Crippen molar-refractivity contribution in [2.24, 2.45) is 7.05 Å². The van der Waals surface area contributed by atoms with Crippen LogP contribution >= 0.6 is 0 Å². The topological polar surface area (TPSA) is 134 Å². The third-order valence-corrected chi connectivity index (χ3v) is 5.29. The number of carboxylic acids is 1. The highest BCUT2D eigenvalue weighted by Gasteiger charge is 2.25. The van der Waals surface area contributed by atoms with Crippen LogP contribution in [0.2, 0.25) is 0 Å². The highest BCUT2D eigenvalue weighted by atomic mass is 16.5. The zero-order chi connectivity index (χ0) is 24.2. The number of benzene rings is 2. The summed E-state index contributed by atoms with van der Waals surface area (Å²) in [5, 5.41) is 16.3. The van der Waals surface area contributed by atoms with Gasteiger partial charge in [0.25, 0.3) is 0 Å². The van der Waals surface area contributed by atoms with Crippen LogP contribution < -0.4 is 10.7 Å². The van der Waals surface area contributed by atoms with Gasteiger partial charge in [-0.15, -0.1) is 0 Å². The maximum absolute atomic E-state index is 12.9. The summed E-state index contributed by atoms with van der Waals surface area (Å²) in [7, 11) is 1.62. The molecule has 0 saturated heterocycles. The SMILES string of the molecule is CCCC(=O)N(Cc1ccc(-c2ccccc2-c2nc(=O)o[nH]2)cc1)c1nn(C)cc1C(=O)O. The Morgan fingerprint density at radius 1 is 1.12 bits per heavy atom. The molecule has 0 fully saturated rings. The van der Waals surface area contributed by atoms with E-state index in [4.69, 9.17) is 4.52 Å². The van der Waals surface area contributed by atoms with Crippen LogP contribution in [0.1, 0.15) is 35.7 Å². The number of aromatic nitrogens is 4. The van der Waals surface area contributed by atoms with Crippen molar-refractivity contribution in [3.05, 3.63) is 76.4 Å². The highest BCUT2D eigenvalue weighted by molar-refractivity contribution is 6.00. The number of aromatic amines is 1. The van der Waals surface area contributed by atoms with Crippen molar-refractivity contribution in [2.45, 2.75) is 26.3 Å². The van der Waals surface area contributed by atoms with Crippen LogP contribution in [0.15, 0.2) is 64.0 Å². The minimum absolute atomic E-state index is 0.0286. The monoisotopic (exact) mass is 461 g/mol. The third kappa shape index (κ3) is 4.65. The number of amides is 1. The molecular weight excluding hydrogens is 438 g/mol. The minimum atomic E-state index is -1.14. The quantitative estimate of drug-likeness (QED) is 0.410. The molecule has 0 saturated carbocycles. The summed E-state index contributed by atoms with van der Waals surface area (Å²) < 4.78 is 6.09. The van der Waals surface area contributed by atoms with Gasteiger partial charge in [0.05, 0.1) is 6.54 Å². The number of carbonyl (C=O) groups is 2. The molecule has 4 rings (SSSR count). The van der Waals surface area contributed by atoms with E-state index in [1.165, 1.54) is 15.8 Å². The van der Waals surface area contributed by atoms with Crippen LogP contribution in [-0.4, -0.2) is 36.9 Å². The molecule has 4 aromatic rings. The number of H-pyrrole nitrogens is 1. The first-order valence-electron chi connectivity index (χ1n) is 10.7. The largest absolute Gasteiger partial charge is 0.477 e. The molecule has 174 valence electrons. The number of carboxylic acid groups (broad SMARTS) is 1. The second kappa shape index (κ2) is 9.57. The van der Waals surface area contributed by atoms with Crippen molar-refractivity contribution in [1.82, 2.24) is 19.9 Å². The first kappa shape index (κ1) is 22.7. The van der Waals surface area contributed by atoms with Crippen molar-refractivity contribution in [2.75, 3.05) is 4.90 Å². The molecule has 0 aliphatic rings. The van der Waals surface area contributed by atoms with Gasteiger partial charge in [-0.25, -0.2) is 9.59 Å². The molecule has 10 nitrogen and oxygen atoms in total. The molecule has 0 bridgehead atoms. The molecule has 2 aromatic heterocycles. The number of aromatic carboxylic acids is 1. The number of rotatable bonds is 8. The average molecular weight is 461 g/mol. The lowest BCUT2D eigenvalue weighted by Crippen LogP contribution is -2.31. The second-order valence-corrected chi connectivity index (χ2v) is 7.75. The predicted molar refractivity (Wildman–Crippen MR) is 124 cm³/mol. The Hall–Kier alpha value is -4.47. The van der Waals surface area contributed by atoms with Gasteiger partial charge in [0.15, 0.2) is 11.6 Å². The Labute approximate surface area is 194 Å². The molecule has 0 atom stereocenters. The van der Waals surface area contributed by atoms with Crippen molar-refractivity contribution in [3.63, 3.8) is 0 Å². The van der Waals surface area contributed by atoms with Crippen LogP contribution in [0, 0.1) is 0 Å². The summed E-state index contributed by atoms with van der Waals surface area (Å²) in [6.07, 6.45) is 2.29. The third-order valence-electron chi connectivity index (χ3n) is 5.29. The van der Waals surface area contributed by atoms with Crippen LogP contribution in [0.25, 0.3) is 22.5 Å². The highest BCUT2D eigenvalue weighted by Crippen LogP contribution is 2.30. The Morgan fingerprint density at radius 3 is 2.44 bits per heavy atom. The van der Waals surface area contributed by atoms with Crippen molar-refractivity contribution >= 4 is 17.7 Å². The summed E-state index contributed by atoms with van der Waals surface area (Å²) in [5.41, 5.74) is 3.20. The number of nitrogens with one attached hydrogen (secondary N) is 1. The minimum Gasteiger partial charge on any atom is -0.477 e. The lowest BCUT2D eigenvalue weighted by atomic mass is 9.98. The number of carbonyl (C=O) groups excluding carboxylic acids is 1. The van der Waals surface area contributed by atoms with Crippen LogP contribution in [-0.2, 0) is 18.4 Å². The van der Waals surface area contributed by atoms with Gasteiger partial charge < -0.3 is 9.63 Å². The van der Waals surface area contributed by atoms with E-state index in [1.54, 1.807) is 7.05 Å². The van der Waals surface area contributed by atoms with E-state index in [0.717, 1.165) is 16.7 Å². The summed E-state index contributed by atoms with van der Waals surface area (Å²) in [6.45, 7) is 2.07. The zero-order valence-corrected chi connectivity index (χ0v) is 18.7. The molecule has 0 spiro atoms. The number of anilines is 1. The number of hydrogen-bond acceptors (Lipinski definition) is 6. The Balaban J connectivity index is 1.66. The lowest BCUT2D eigenvalue weighted by Gasteiger charge is -2.21. The van der Waals surface area contributed by atoms with Crippen LogP contribution in [0.3, 0.4) is 0 Å². The van der Waals surface area contributed by atoms with Gasteiger partial charge in [-0.2, -0.15) is 15.2 Å². The summed E-state index contributed by atoms with van der Waals surface area (Å²) in [5.74, 6) is -1.59. The Bertz CT molecular complexity index is 1380. The van der Waals surface area contributed by atoms with Gasteiger partial charge in [-0.1, -0.05) is 55.5 Å². The van der Waals surface area contributed by atoms with E-state index < -0.39 is 11.7 Å². The number of aryl methyl sites for hydroxylation is 1. The predicted octanol–water partition coefficient (Wildman–Crippen LogP) is 3.46. The number of nitrogens with zero attached hydrogens (tertiary/aromatic N) is 4. The van der Waals surface area contributed by atoms with Crippen LogP contribution in [0.5, 0.6) is 0 Å². The molecule has 0 aliphatic carbocycles. The fourth-order valence-electron chi connectivity index (χ4n) is 3.71. The summed E-state index contributed by atoms with van der Waals surface area (Å²) >= 11 is 0. The van der Waals surface area contributed by atoms with E-state index in [0.29, 0.717) is 17.8 Å². The molecular formula is C24H23N5O5. The van der Waals surface area contributed by atoms with E-state index in [-0.39, 0.29) is 30.3 Å². The van der Waals surface area contributed by atoms with E-state index in [9.17, 15) is 19.5 Å². The van der Waals surface area contributed by atoms with E-state index in [1.807, 2.05) is 55.5 Å². The number of hydrogen-bond donors (Lipinski definition) is 2. The fourth-order valence-corrected chi connectivity index (χ4v) is 3.71. The van der Waals surface area contributed by atoms with Gasteiger partial charge >= 0.3 is 11.7 Å². The first-order valence-corrected chi connectivity index (χ1v) is 10.7.